The lowest BCUT2D eigenvalue weighted by molar-refractivity contribution is -0.122. The van der Waals surface area contributed by atoms with E-state index in [-0.39, 0.29) is 23.6 Å². The quantitative estimate of drug-likeness (QED) is 0.854. The van der Waals surface area contributed by atoms with E-state index in [0.29, 0.717) is 19.8 Å². The minimum absolute atomic E-state index is 0.0431. The van der Waals surface area contributed by atoms with Crippen molar-refractivity contribution in [1.82, 2.24) is 5.32 Å². The number of carbonyl (C=O) groups is 1. The molecular formula is C15H22N2O3. The van der Waals surface area contributed by atoms with Crippen molar-refractivity contribution in [2.24, 2.45) is 5.92 Å². The van der Waals surface area contributed by atoms with Crippen LogP contribution in [0.4, 0.5) is 5.69 Å². The second-order valence-corrected chi connectivity index (χ2v) is 4.91. The number of likely N-dealkylation sites (N-methyl/N-ethyl adjacent to an activating group) is 1. The molecule has 0 aromatic heterocycles. The standard InChI is InChI=1S/C15H22N2O3/c1-3-16-14-10-20-9-13(14)15(19)17(4-2)11-6-5-7-12(18)8-11/h5-8,13-14,16,18H,3-4,9-10H2,1-2H3. The zero-order valence-electron chi connectivity index (χ0n) is 12.0. The van der Waals surface area contributed by atoms with E-state index in [0.717, 1.165) is 12.2 Å². The summed E-state index contributed by atoms with van der Waals surface area (Å²) in [5.41, 5.74) is 0.722. The van der Waals surface area contributed by atoms with Crippen LogP contribution in [-0.4, -0.2) is 43.4 Å². The third kappa shape index (κ3) is 3.11. The molecule has 0 radical (unpaired) electrons. The Kier molecular flexibility index (Phi) is 4.98. The van der Waals surface area contributed by atoms with Gasteiger partial charge in [0.15, 0.2) is 0 Å². The second kappa shape index (κ2) is 6.72. The Morgan fingerprint density at radius 1 is 1.45 bits per heavy atom. The van der Waals surface area contributed by atoms with Crippen LogP contribution in [0.15, 0.2) is 24.3 Å². The fraction of sp³-hybridized carbons (Fsp3) is 0.533. The first-order chi connectivity index (χ1) is 9.67. The van der Waals surface area contributed by atoms with Crippen molar-refractivity contribution in [3.8, 4) is 5.75 Å². The van der Waals surface area contributed by atoms with E-state index >= 15 is 0 Å². The number of anilines is 1. The molecule has 0 saturated carbocycles. The van der Waals surface area contributed by atoms with Gasteiger partial charge in [0, 0.05) is 24.3 Å². The number of hydrogen-bond donors (Lipinski definition) is 2. The minimum Gasteiger partial charge on any atom is -0.508 e. The molecule has 2 unspecified atom stereocenters. The molecule has 0 spiro atoms. The highest BCUT2D eigenvalue weighted by atomic mass is 16.5. The number of amides is 1. The predicted molar refractivity (Wildman–Crippen MR) is 77.9 cm³/mol. The van der Waals surface area contributed by atoms with E-state index < -0.39 is 0 Å². The van der Waals surface area contributed by atoms with Crippen LogP contribution in [0.1, 0.15) is 13.8 Å². The smallest absolute Gasteiger partial charge is 0.234 e. The van der Waals surface area contributed by atoms with E-state index in [1.807, 2.05) is 19.9 Å². The third-order valence-electron chi connectivity index (χ3n) is 3.59. The van der Waals surface area contributed by atoms with Crippen molar-refractivity contribution in [2.45, 2.75) is 19.9 Å². The van der Waals surface area contributed by atoms with Crippen LogP contribution >= 0.6 is 0 Å². The van der Waals surface area contributed by atoms with Gasteiger partial charge in [-0.2, -0.15) is 0 Å². The number of phenols is 1. The summed E-state index contributed by atoms with van der Waals surface area (Å²) in [6.45, 7) is 6.36. The first-order valence-electron chi connectivity index (χ1n) is 7.08. The summed E-state index contributed by atoms with van der Waals surface area (Å²) in [5.74, 6) is 0.0402. The lowest BCUT2D eigenvalue weighted by Gasteiger charge is -2.26. The highest BCUT2D eigenvalue weighted by molar-refractivity contribution is 5.95. The van der Waals surface area contributed by atoms with Crippen molar-refractivity contribution < 1.29 is 14.6 Å². The van der Waals surface area contributed by atoms with Crippen LogP contribution in [0.2, 0.25) is 0 Å². The van der Waals surface area contributed by atoms with Gasteiger partial charge in [-0.1, -0.05) is 13.0 Å². The van der Waals surface area contributed by atoms with Gasteiger partial charge in [-0.05, 0) is 25.6 Å². The average Bonchev–Trinajstić information content (AvgIpc) is 2.88. The summed E-state index contributed by atoms with van der Waals surface area (Å²) in [7, 11) is 0. The van der Waals surface area contributed by atoms with Gasteiger partial charge in [0.1, 0.15) is 5.75 Å². The summed E-state index contributed by atoms with van der Waals surface area (Å²) >= 11 is 0. The fourth-order valence-electron chi connectivity index (χ4n) is 2.59. The van der Waals surface area contributed by atoms with Crippen molar-refractivity contribution in [2.75, 3.05) is 31.2 Å². The molecule has 0 bridgehead atoms. The number of ether oxygens (including phenoxy) is 1. The molecule has 1 aromatic carbocycles. The monoisotopic (exact) mass is 278 g/mol. The highest BCUT2D eigenvalue weighted by Crippen LogP contribution is 2.24. The van der Waals surface area contributed by atoms with Crippen LogP contribution in [-0.2, 0) is 9.53 Å². The summed E-state index contributed by atoms with van der Waals surface area (Å²) in [6, 6.07) is 6.85. The van der Waals surface area contributed by atoms with Crippen molar-refractivity contribution in [3.05, 3.63) is 24.3 Å². The normalized spacial score (nSPS) is 21.9. The first-order valence-corrected chi connectivity index (χ1v) is 7.08. The predicted octanol–water partition coefficient (Wildman–Crippen LogP) is 1.37. The SMILES string of the molecule is CCNC1COCC1C(=O)N(CC)c1cccc(O)c1. The molecule has 1 aliphatic heterocycles. The molecule has 1 fully saturated rings. The summed E-state index contributed by atoms with van der Waals surface area (Å²) in [6.07, 6.45) is 0. The highest BCUT2D eigenvalue weighted by Gasteiger charge is 2.36. The van der Waals surface area contributed by atoms with Crippen LogP contribution in [0.5, 0.6) is 5.75 Å². The van der Waals surface area contributed by atoms with E-state index in [1.54, 1.807) is 23.1 Å². The number of phenolic OH excluding ortho intramolecular Hbond substituents is 1. The molecule has 2 N–H and O–H groups in total. The molecule has 1 aromatic rings. The van der Waals surface area contributed by atoms with Crippen LogP contribution in [0.3, 0.4) is 0 Å². The molecule has 1 aliphatic rings. The van der Waals surface area contributed by atoms with E-state index in [2.05, 4.69) is 5.32 Å². The Balaban J connectivity index is 2.16. The number of nitrogens with one attached hydrogen (secondary N) is 1. The fourth-order valence-corrected chi connectivity index (χ4v) is 2.59. The van der Waals surface area contributed by atoms with Gasteiger partial charge < -0.3 is 20.1 Å². The first kappa shape index (κ1) is 14.8. The zero-order chi connectivity index (χ0) is 14.5. The molecule has 20 heavy (non-hydrogen) atoms. The maximum absolute atomic E-state index is 12.7. The maximum atomic E-state index is 12.7. The van der Waals surface area contributed by atoms with Gasteiger partial charge in [0.05, 0.1) is 19.1 Å². The molecule has 5 heteroatoms. The Hall–Kier alpha value is -1.59. The average molecular weight is 278 g/mol. The molecule has 1 heterocycles. The summed E-state index contributed by atoms with van der Waals surface area (Å²) in [5, 5.41) is 12.9. The van der Waals surface area contributed by atoms with Crippen molar-refractivity contribution >= 4 is 11.6 Å². The number of benzene rings is 1. The number of hydrogen-bond acceptors (Lipinski definition) is 4. The molecule has 1 amide bonds. The Morgan fingerprint density at radius 2 is 2.25 bits per heavy atom. The van der Waals surface area contributed by atoms with Gasteiger partial charge in [-0.25, -0.2) is 0 Å². The van der Waals surface area contributed by atoms with Crippen molar-refractivity contribution in [3.63, 3.8) is 0 Å². The van der Waals surface area contributed by atoms with Gasteiger partial charge in [-0.15, -0.1) is 0 Å². The number of carbonyl (C=O) groups excluding carboxylic acids is 1. The third-order valence-corrected chi connectivity index (χ3v) is 3.59. The van der Waals surface area contributed by atoms with Gasteiger partial charge in [0.25, 0.3) is 0 Å². The topological polar surface area (TPSA) is 61.8 Å². The van der Waals surface area contributed by atoms with Crippen LogP contribution in [0, 0.1) is 5.92 Å². The zero-order valence-corrected chi connectivity index (χ0v) is 12.0. The van der Waals surface area contributed by atoms with Gasteiger partial charge >= 0.3 is 0 Å². The number of rotatable bonds is 5. The van der Waals surface area contributed by atoms with E-state index in [9.17, 15) is 9.90 Å². The Bertz CT molecular complexity index is 464. The second-order valence-electron chi connectivity index (χ2n) is 4.91. The van der Waals surface area contributed by atoms with Crippen LogP contribution < -0.4 is 10.2 Å². The molecule has 2 rings (SSSR count). The molecule has 0 aliphatic carbocycles. The Labute approximate surface area is 119 Å². The Morgan fingerprint density at radius 3 is 2.90 bits per heavy atom. The maximum Gasteiger partial charge on any atom is 0.234 e. The summed E-state index contributed by atoms with van der Waals surface area (Å²) in [4.78, 5) is 14.4. The largest absolute Gasteiger partial charge is 0.508 e. The van der Waals surface area contributed by atoms with Crippen molar-refractivity contribution in [1.29, 1.82) is 0 Å². The van der Waals surface area contributed by atoms with Gasteiger partial charge in [0.2, 0.25) is 5.91 Å². The number of aromatic hydroxyl groups is 1. The molecule has 1 saturated heterocycles. The van der Waals surface area contributed by atoms with Gasteiger partial charge in [-0.3, -0.25) is 4.79 Å². The minimum atomic E-state index is -0.169. The lowest BCUT2D eigenvalue weighted by atomic mass is 10.0. The molecule has 2 atom stereocenters. The lowest BCUT2D eigenvalue weighted by Crippen LogP contribution is -2.46. The van der Waals surface area contributed by atoms with E-state index in [4.69, 9.17) is 4.74 Å². The molecule has 5 nitrogen and oxygen atoms in total. The molecular weight excluding hydrogens is 256 g/mol. The number of nitrogens with zero attached hydrogens (tertiary/aromatic N) is 1. The summed E-state index contributed by atoms with van der Waals surface area (Å²) < 4.78 is 5.44. The van der Waals surface area contributed by atoms with Crippen LogP contribution in [0.25, 0.3) is 0 Å². The molecule has 110 valence electrons. The van der Waals surface area contributed by atoms with E-state index in [1.165, 1.54) is 0 Å².